The van der Waals surface area contributed by atoms with E-state index >= 15 is 0 Å². The first-order chi connectivity index (χ1) is 10.3. The van der Waals surface area contributed by atoms with Crippen LogP contribution in [0.2, 0.25) is 0 Å². The van der Waals surface area contributed by atoms with Crippen LogP contribution in [0, 0.1) is 0 Å². The molecule has 3 heteroatoms. The molecule has 0 aliphatic carbocycles. The minimum Gasteiger partial charge on any atom is -0.383 e. The number of hydrogen-bond donors (Lipinski definition) is 1. The van der Waals surface area contributed by atoms with Gasteiger partial charge in [-0.2, -0.15) is 5.10 Å². The van der Waals surface area contributed by atoms with Gasteiger partial charge in [-0.05, 0) is 18.6 Å². The van der Waals surface area contributed by atoms with Crippen molar-refractivity contribution in [2.75, 3.05) is 5.73 Å². The number of anilines is 1. The first kappa shape index (κ1) is 13.4. The zero-order chi connectivity index (χ0) is 14.7. The van der Waals surface area contributed by atoms with Gasteiger partial charge < -0.3 is 5.73 Å². The molecule has 0 saturated heterocycles. The zero-order valence-corrected chi connectivity index (χ0v) is 12.2. The number of nitrogens with two attached hydrogens (primary N) is 1. The van der Waals surface area contributed by atoms with Crippen molar-refractivity contribution in [2.24, 2.45) is 0 Å². The van der Waals surface area contributed by atoms with Crippen molar-refractivity contribution in [1.82, 2.24) is 9.78 Å². The second-order valence-corrected chi connectivity index (χ2v) is 5.08. The number of nitrogens with zero attached hydrogens (tertiary/aromatic N) is 2. The van der Waals surface area contributed by atoms with Gasteiger partial charge in [0, 0.05) is 11.1 Å². The summed E-state index contributed by atoms with van der Waals surface area (Å²) in [5.41, 5.74) is 10.6. The molecule has 1 aromatic heterocycles. The van der Waals surface area contributed by atoms with Crippen molar-refractivity contribution in [1.29, 1.82) is 0 Å². The Morgan fingerprint density at radius 2 is 1.57 bits per heavy atom. The quantitative estimate of drug-likeness (QED) is 0.781. The normalized spacial score (nSPS) is 10.7. The van der Waals surface area contributed by atoms with Crippen molar-refractivity contribution >= 4 is 5.82 Å². The molecule has 0 fully saturated rings. The third-order valence-electron chi connectivity index (χ3n) is 3.57. The number of rotatable bonds is 4. The van der Waals surface area contributed by atoms with E-state index < -0.39 is 0 Å². The summed E-state index contributed by atoms with van der Waals surface area (Å²) in [6, 6.07) is 20.3. The second kappa shape index (κ2) is 5.83. The highest BCUT2D eigenvalue weighted by molar-refractivity contribution is 5.69. The summed E-state index contributed by atoms with van der Waals surface area (Å²) in [5.74, 6) is 0.738. The van der Waals surface area contributed by atoms with Crippen LogP contribution in [-0.4, -0.2) is 9.78 Å². The fourth-order valence-corrected chi connectivity index (χ4v) is 2.55. The Balaban J connectivity index is 2.16. The van der Waals surface area contributed by atoms with Crippen molar-refractivity contribution < 1.29 is 0 Å². The first-order valence-electron chi connectivity index (χ1n) is 7.29. The monoisotopic (exact) mass is 277 g/mol. The number of nitrogen functional groups attached to an aromatic ring is 1. The molecule has 2 aromatic carbocycles. The van der Waals surface area contributed by atoms with Crippen LogP contribution < -0.4 is 5.73 Å². The molecule has 0 unspecified atom stereocenters. The summed E-state index contributed by atoms with van der Waals surface area (Å²) < 4.78 is 1.84. The lowest BCUT2D eigenvalue weighted by Crippen LogP contribution is -2.02. The van der Waals surface area contributed by atoms with Crippen LogP contribution in [0.15, 0.2) is 60.7 Å². The van der Waals surface area contributed by atoms with Gasteiger partial charge >= 0.3 is 0 Å². The first-order valence-corrected chi connectivity index (χ1v) is 7.29. The minimum absolute atomic E-state index is 0.738. The molecule has 3 aromatic rings. The molecule has 3 rings (SSSR count). The lowest BCUT2D eigenvalue weighted by molar-refractivity contribution is 0.892. The Morgan fingerprint density at radius 1 is 0.952 bits per heavy atom. The maximum atomic E-state index is 6.36. The summed E-state index contributed by atoms with van der Waals surface area (Å²) in [7, 11) is 0. The maximum Gasteiger partial charge on any atom is 0.131 e. The molecule has 0 bridgehead atoms. The molecule has 0 aliphatic heterocycles. The van der Waals surface area contributed by atoms with Crippen LogP contribution in [0.1, 0.15) is 18.9 Å². The van der Waals surface area contributed by atoms with Crippen molar-refractivity contribution in [3.05, 3.63) is 66.2 Å². The summed E-state index contributed by atoms with van der Waals surface area (Å²) in [5, 5.41) is 4.76. The van der Waals surface area contributed by atoms with Crippen LogP contribution >= 0.6 is 0 Å². The second-order valence-electron chi connectivity index (χ2n) is 5.08. The molecule has 1 heterocycles. The Labute approximate surface area is 125 Å². The van der Waals surface area contributed by atoms with E-state index in [9.17, 15) is 0 Å². The molecule has 0 atom stereocenters. The summed E-state index contributed by atoms with van der Waals surface area (Å²) in [6.07, 6.45) is 1.98. The molecule has 0 amide bonds. The van der Waals surface area contributed by atoms with Crippen molar-refractivity contribution in [2.45, 2.75) is 19.8 Å². The van der Waals surface area contributed by atoms with Gasteiger partial charge in [0.05, 0.1) is 11.4 Å². The molecule has 0 spiro atoms. The smallest absolute Gasteiger partial charge is 0.131 e. The van der Waals surface area contributed by atoms with Gasteiger partial charge in [-0.15, -0.1) is 0 Å². The van der Waals surface area contributed by atoms with Gasteiger partial charge in [0.25, 0.3) is 0 Å². The molecule has 3 nitrogen and oxygen atoms in total. The van der Waals surface area contributed by atoms with E-state index in [1.807, 2.05) is 53.2 Å². The molecular formula is C18H19N3. The highest BCUT2D eigenvalue weighted by Crippen LogP contribution is 2.30. The van der Waals surface area contributed by atoms with Crippen LogP contribution in [0.3, 0.4) is 0 Å². The van der Waals surface area contributed by atoms with Crippen LogP contribution in [0.4, 0.5) is 5.82 Å². The van der Waals surface area contributed by atoms with Crippen LogP contribution in [0.25, 0.3) is 16.9 Å². The molecule has 0 saturated carbocycles. The predicted octanol–water partition coefficient (Wildman–Crippen LogP) is 4.07. The van der Waals surface area contributed by atoms with Gasteiger partial charge in [-0.1, -0.05) is 61.9 Å². The number of hydrogen-bond acceptors (Lipinski definition) is 2. The number of aromatic nitrogens is 2. The molecule has 0 aliphatic rings. The van der Waals surface area contributed by atoms with Crippen LogP contribution in [0.5, 0.6) is 0 Å². The standard InChI is InChI=1S/C18H19N3/c1-2-9-16-17(14-10-5-3-6-11-14)20-21(18(16)19)15-12-7-4-8-13-15/h3-8,10-13H,2,9,19H2,1H3. The SMILES string of the molecule is CCCc1c(-c2ccccc2)nn(-c2ccccc2)c1N. The number of benzene rings is 2. The summed E-state index contributed by atoms with van der Waals surface area (Å²) in [6.45, 7) is 2.16. The fraction of sp³-hybridized carbons (Fsp3) is 0.167. The Bertz CT molecular complexity index is 715. The molecule has 0 radical (unpaired) electrons. The van der Waals surface area contributed by atoms with Crippen molar-refractivity contribution in [3.8, 4) is 16.9 Å². The predicted molar refractivity (Wildman–Crippen MR) is 87.4 cm³/mol. The minimum atomic E-state index is 0.738. The van der Waals surface area contributed by atoms with Gasteiger partial charge in [-0.25, -0.2) is 4.68 Å². The van der Waals surface area contributed by atoms with E-state index in [1.165, 1.54) is 0 Å². The third kappa shape index (κ3) is 2.55. The lowest BCUT2D eigenvalue weighted by Gasteiger charge is -2.04. The Morgan fingerprint density at radius 3 is 2.19 bits per heavy atom. The van der Waals surface area contributed by atoms with E-state index in [4.69, 9.17) is 10.8 Å². The maximum absolute atomic E-state index is 6.36. The molecular weight excluding hydrogens is 258 g/mol. The lowest BCUT2D eigenvalue weighted by atomic mass is 10.0. The average Bonchev–Trinajstić information content (AvgIpc) is 2.87. The zero-order valence-electron chi connectivity index (χ0n) is 12.2. The van der Waals surface area contributed by atoms with Gasteiger partial charge in [0.15, 0.2) is 0 Å². The van der Waals surface area contributed by atoms with Gasteiger partial charge in [0.1, 0.15) is 5.82 Å². The Hall–Kier alpha value is -2.55. The Kier molecular flexibility index (Phi) is 3.73. The highest BCUT2D eigenvalue weighted by atomic mass is 15.3. The van der Waals surface area contributed by atoms with Crippen molar-refractivity contribution in [3.63, 3.8) is 0 Å². The topological polar surface area (TPSA) is 43.8 Å². The number of para-hydroxylation sites is 1. The molecule has 2 N–H and O–H groups in total. The summed E-state index contributed by atoms with van der Waals surface area (Å²) >= 11 is 0. The fourth-order valence-electron chi connectivity index (χ4n) is 2.55. The third-order valence-corrected chi connectivity index (χ3v) is 3.57. The largest absolute Gasteiger partial charge is 0.383 e. The highest BCUT2D eigenvalue weighted by Gasteiger charge is 2.16. The van der Waals surface area contributed by atoms with Gasteiger partial charge in [0.2, 0.25) is 0 Å². The summed E-state index contributed by atoms with van der Waals surface area (Å²) in [4.78, 5) is 0. The van der Waals surface area contributed by atoms with E-state index in [2.05, 4.69) is 19.1 Å². The van der Waals surface area contributed by atoms with E-state index in [0.717, 1.165) is 41.2 Å². The van der Waals surface area contributed by atoms with E-state index in [1.54, 1.807) is 0 Å². The van der Waals surface area contributed by atoms with E-state index in [0.29, 0.717) is 0 Å². The van der Waals surface area contributed by atoms with Crippen LogP contribution in [-0.2, 0) is 6.42 Å². The average molecular weight is 277 g/mol. The molecule has 106 valence electrons. The van der Waals surface area contributed by atoms with E-state index in [-0.39, 0.29) is 0 Å². The van der Waals surface area contributed by atoms with Gasteiger partial charge in [-0.3, -0.25) is 0 Å². The molecule has 21 heavy (non-hydrogen) atoms.